The van der Waals surface area contributed by atoms with Gasteiger partial charge in [0.05, 0.1) is 21.9 Å². The Balaban J connectivity index is 2.09. The number of hydrogen-bond donors (Lipinski definition) is 3. The number of carbonyl (C=O) groups excluding carboxylic acids is 1. The molecule has 0 saturated carbocycles. The standard InChI is InChI=1S/C15H17N3O5S2/c1-9-13(10-3-5-11(6-4-10)25(2,22)23)24-15(17-9)18-14(21)16-8-7-12(19)20/h3-6H,7-8H2,1-2H3,(H,19,20)(H2,16,17,18,21). The summed E-state index contributed by atoms with van der Waals surface area (Å²) >= 11 is 1.25. The molecule has 10 heteroatoms. The number of anilines is 1. The predicted molar refractivity (Wildman–Crippen MR) is 94.7 cm³/mol. The smallest absolute Gasteiger partial charge is 0.321 e. The van der Waals surface area contributed by atoms with Crippen molar-refractivity contribution in [1.29, 1.82) is 0 Å². The number of carbonyl (C=O) groups is 2. The van der Waals surface area contributed by atoms with Crippen LogP contribution in [0.2, 0.25) is 0 Å². The molecular weight excluding hydrogens is 366 g/mol. The number of nitrogens with zero attached hydrogens (tertiary/aromatic N) is 1. The van der Waals surface area contributed by atoms with Gasteiger partial charge >= 0.3 is 12.0 Å². The lowest BCUT2D eigenvalue weighted by atomic mass is 10.2. The minimum atomic E-state index is -3.26. The van der Waals surface area contributed by atoms with Gasteiger partial charge in [-0.15, -0.1) is 0 Å². The van der Waals surface area contributed by atoms with E-state index in [1.165, 1.54) is 23.5 Å². The number of thiazole rings is 1. The molecular formula is C15H17N3O5S2. The lowest BCUT2D eigenvalue weighted by Crippen LogP contribution is -2.30. The van der Waals surface area contributed by atoms with E-state index in [0.717, 1.165) is 16.7 Å². The molecule has 0 aliphatic rings. The topological polar surface area (TPSA) is 125 Å². The van der Waals surface area contributed by atoms with Crippen LogP contribution >= 0.6 is 11.3 Å². The highest BCUT2D eigenvalue weighted by Gasteiger charge is 2.13. The number of carboxylic acid groups (broad SMARTS) is 1. The molecule has 8 nitrogen and oxygen atoms in total. The number of benzene rings is 1. The van der Waals surface area contributed by atoms with E-state index in [4.69, 9.17) is 5.11 Å². The van der Waals surface area contributed by atoms with Crippen molar-refractivity contribution in [1.82, 2.24) is 10.3 Å². The first kappa shape index (κ1) is 18.9. The second kappa shape index (κ2) is 7.62. The Morgan fingerprint density at radius 3 is 2.44 bits per heavy atom. The molecule has 0 aliphatic heterocycles. The maximum atomic E-state index is 11.7. The molecule has 0 fully saturated rings. The molecule has 2 aromatic rings. The minimum absolute atomic E-state index is 0.0192. The van der Waals surface area contributed by atoms with Gasteiger partial charge in [-0.1, -0.05) is 23.5 Å². The molecule has 0 bridgehead atoms. The zero-order valence-electron chi connectivity index (χ0n) is 13.6. The predicted octanol–water partition coefficient (Wildman–Crippen LogP) is 2.12. The number of carboxylic acids is 1. The zero-order chi connectivity index (χ0) is 18.6. The van der Waals surface area contributed by atoms with Gasteiger partial charge in [-0.3, -0.25) is 10.1 Å². The summed E-state index contributed by atoms with van der Waals surface area (Å²) in [7, 11) is -3.26. The van der Waals surface area contributed by atoms with E-state index < -0.39 is 21.8 Å². The van der Waals surface area contributed by atoms with Gasteiger partial charge in [-0.25, -0.2) is 18.2 Å². The highest BCUT2D eigenvalue weighted by molar-refractivity contribution is 7.90. The zero-order valence-corrected chi connectivity index (χ0v) is 15.2. The average molecular weight is 383 g/mol. The Kier molecular flexibility index (Phi) is 5.75. The molecule has 0 saturated heterocycles. The van der Waals surface area contributed by atoms with E-state index in [2.05, 4.69) is 15.6 Å². The van der Waals surface area contributed by atoms with Crippen LogP contribution in [-0.2, 0) is 14.6 Å². The lowest BCUT2D eigenvalue weighted by Gasteiger charge is -2.03. The molecule has 0 spiro atoms. The third-order valence-electron chi connectivity index (χ3n) is 3.19. The van der Waals surface area contributed by atoms with Gasteiger partial charge in [-0.05, 0) is 24.6 Å². The molecule has 1 aromatic heterocycles. The molecule has 0 atom stereocenters. The fourth-order valence-corrected chi connectivity index (χ4v) is 3.59. The highest BCUT2D eigenvalue weighted by atomic mass is 32.2. The van der Waals surface area contributed by atoms with Gasteiger partial charge < -0.3 is 10.4 Å². The molecule has 134 valence electrons. The molecule has 1 heterocycles. The van der Waals surface area contributed by atoms with Gasteiger partial charge in [0.15, 0.2) is 15.0 Å². The number of rotatable bonds is 6. The molecule has 0 aliphatic carbocycles. The third-order valence-corrected chi connectivity index (χ3v) is 5.44. The van der Waals surface area contributed by atoms with E-state index >= 15 is 0 Å². The fraction of sp³-hybridized carbons (Fsp3) is 0.267. The Labute approximate surface area is 148 Å². The summed E-state index contributed by atoms with van der Waals surface area (Å²) in [5, 5.41) is 13.9. The van der Waals surface area contributed by atoms with Crippen LogP contribution in [0.4, 0.5) is 9.93 Å². The quantitative estimate of drug-likeness (QED) is 0.701. The summed E-state index contributed by atoms with van der Waals surface area (Å²) in [5.74, 6) is -0.995. The lowest BCUT2D eigenvalue weighted by molar-refractivity contribution is -0.136. The van der Waals surface area contributed by atoms with Crippen LogP contribution in [0.25, 0.3) is 10.4 Å². The first-order chi connectivity index (χ1) is 11.7. The van der Waals surface area contributed by atoms with Crippen molar-refractivity contribution in [3.05, 3.63) is 30.0 Å². The van der Waals surface area contributed by atoms with Crippen LogP contribution < -0.4 is 10.6 Å². The van der Waals surface area contributed by atoms with Crippen molar-refractivity contribution in [2.24, 2.45) is 0 Å². The molecule has 0 radical (unpaired) electrons. The van der Waals surface area contributed by atoms with Crippen LogP contribution in [0.5, 0.6) is 0 Å². The molecule has 2 rings (SSSR count). The molecule has 1 aromatic carbocycles. The van der Waals surface area contributed by atoms with E-state index in [0.29, 0.717) is 10.8 Å². The van der Waals surface area contributed by atoms with Crippen molar-refractivity contribution in [2.45, 2.75) is 18.2 Å². The number of aromatic nitrogens is 1. The highest BCUT2D eigenvalue weighted by Crippen LogP contribution is 2.33. The summed E-state index contributed by atoms with van der Waals surface area (Å²) in [6, 6.07) is 5.89. The maximum Gasteiger partial charge on any atom is 0.321 e. The Morgan fingerprint density at radius 2 is 1.88 bits per heavy atom. The van der Waals surface area contributed by atoms with E-state index in [1.54, 1.807) is 19.1 Å². The van der Waals surface area contributed by atoms with Crippen molar-refractivity contribution in [3.8, 4) is 10.4 Å². The largest absolute Gasteiger partial charge is 0.481 e. The first-order valence-electron chi connectivity index (χ1n) is 7.21. The second-order valence-corrected chi connectivity index (χ2v) is 8.27. The molecule has 2 amide bonds. The summed E-state index contributed by atoms with van der Waals surface area (Å²) < 4.78 is 23.0. The Morgan fingerprint density at radius 1 is 1.24 bits per heavy atom. The first-order valence-corrected chi connectivity index (χ1v) is 9.92. The Bertz CT molecular complexity index is 888. The van der Waals surface area contributed by atoms with Gasteiger partial charge in [0.1, 0.15) is 0 Å². The number of aryl methyl sites for hydroxylation is 1. The Hall–Kier alpha value is -2.46. The van der Waals surface area contributed by atoms with Crippen molar-refractivity contribution in [2.75, 3.05) is 18.1 Å². The molecule has 25 heavy (non-hydrogen) atoms. The van der Waals surface area contributed by atoms with Gasteiger partial charge in [0.25, 0.3) is 0 Å². The van der Waals surface area contributed by atoms with Crippen molar-refractivity contribution in [3.63, 3.8) is 0 Å². The third kappa shape index (κ3) is 5.26. The van der Waals surface area contributed by atoms with E-state index in [-0.39, 0.29) is 17.9 Å². The number of urea groups is 1. The van der Waals surface area contributed by atoms with Crippen molar-refractivity contribution < 1.29 is 23.1 Å². The minimum Gasteiger partial charge on any atom is -0.481 e. The fourth-order valence-electron chi connectivity index (χ4n) is 2.00. The van der Waals surface area contributed by atoms with Crippen LogP contribution in [-0.4, -0.2) is 43.3 Å². The number of amides is 2. The summed E-state index contributed by atoms with van der Waals surface area (Å²) in [6.45, 7) is 1.80. The number of sulfone groups is 1. The van der Waals surface area contributed by atoms with Crippen molar-refractivity contribution >= 4 is 38.3 Å². The monoisotopic (exact) mass is 383 g/mol. The van der Waals surface area contributed by atoms with E-state index in [1.807, 2.05) is 0 Å². The summed E-state index contributed by atoms with van der Waals surface area (Å²) in [6.07, 6.45) is 0.979. The SMILES string of the molecule is Cc1nc(NC(=O)NCCC(=O)O)sc1-c1ccc(S(C)(=O)=O)cc1. The van der Waals surface area contributed by atoms with Gasteiger partial charge in [0.2, 0.25) is 0 Å². The van der Waals surface area contributed by atoms with Crippen LogP contribution in [0, 0.1) is 6.92 Å². The van der Waals surface area contributed by atoms with Crippen LogP contribution in [0.1, 0.15) is 12.1 Å². The number of hydrogen-bond acceptors (Lipinski definition) is 6. The molecule has 3 N–H and O–H groups in total. The summed E-state index contributed by atoms with van der Waals surface area (Å²) in [4.78, 5) is 27.4. The maximum absolute atomic E-state index is 11.7. The van der Waals surface area contributed by atoms with Gasteiger partial charge in [-0.2, -0.15) is 0 Å². The normalized spacial score (nSPS) is 11.1. The van der Waals surface area contributed by atoms with E-state index in [9.17, 15) is 18.0 Å². The number of aliphatic carboxylic acids is 1. The van der Waals surface area contributed by atoms with Gasteiger partial charge in [0, 0.05) is 12.8 Å². The number of nitrogens with one attached hydrogen (secondary N) is 2. The second-order valence-electron chi connectivity index (χ2n) is 5.25. The molecule has 0 unspecified atom stereocenters. The van der Waals surface area contributed by atoms with Crippen LogP contribution in [0.15, 0.2) is 29.2 Å². The average Bonchev–Trinajstić information content (AvgIpc) is 2.86. The summed E-state index contributed by atoms with van der Waals surface area (Å²) in [5.41, 5.74) is 1.49. The van der Waals surface area contributed by atoms with Crippen LogP contribution in [0.3, 0.4) is 0 Å².